The van der Waals surface area contributed by atoms with E-state index in [4.69, 9.17) is 9.47 Å². The quantitative estimate of drug-likeness (QED) is 0.237. The third-order valence-electron chi connectivity index (χ3n) is 4.28. The van der Waals surface area contributed by atoms with Gasteiger partial charge in [0.15, 0.2) is 5.75 Å². The first kappa shape index (κ1) is 20.3. The number of rotatable bonds is 9. The molecule has 0 atom stereocenters. The van der Waals surface area contributed by atoms with Gasteiger partial charge >= 0.3 is 11.9 Å². The molecule has 0 fully saturated rings. The summed E-state index contributed by atoms with van der Waals surface area (Å²) in [6, 6.07) is 13.1. The molecule has 7 nitrogen and oxygen atoms in total. The number of hydrogen-bond acceptors (Lipinski definition) is 6. The van der Waals surface area contributed by atoms with Gasteiger partial charge in [-0.2, -0.15) is 0 Å². The fraction of sp³-hybridized carbons (Fsp3) is 0.273. The topological polar surface area (TPSA) is 83.3 Å². The summed E-state index contributed by atoms with van der Waals surface area (Å²) in [5, 5.41) is 8.95. The maximum atomic E-state index is 12.3. The molecule has 0 bridgehead atoms. The zero-order chi connectivity index (χ0) is 20.6. The highest BCUT2D eigenvalue weighted by molar-refractivity contribution is 5.81. The highest BCUT2D eigenvalue weighted by atomic mass is 16.5. The first-order valence-corrected chi connectivity index (χ1v) is 9.50. The number of hydrogen-bond donors (Lipinski definition) is 0. The Balaban J connectivity index is 1.60. The Kier molecular flexibility index (Phi) is 6.73. The van der Waals surface area contributed by atoms with Gasteiger partial charge in [-0.05, 0) is 56.0 Å². The molecule has 3 aromatic rings. The Labute approximate surface area is 168 Å². The van der Waals surface area contributed by atoms with E-state index in [1.54, 1.807) is 6.07 Å². The second kappa shape index (κ2) is 9.64. The average molecular weight is 393 g/mol. The summed E-state index contributed by atoms with van der Waals surface area (Å²) in [5.41, 5.74) is 3.16. The number of carbonyl (C=O) groups excluding carboxylic acids is 2. The van der Waals surface area contributed by atoms with E-state index >= 15 is 0 Å². The van der Waals surface area contributed by atoms with Crippen molar-refractivity contribution in [3.05, 3.63) is 60.7 Å². The fourth-order valence-corrected chi connectivity index (χ4v) is 2.79. The van der Waals surface area contributed by atoms with Crippen molar-refractivity contribution < 1.29 is 19.1 Å². The van der Waals surface area contributed by atoms with E-state index < -0.39 is 5.97 Å². The van der Waals surface area contributed by atoms with Gasteiger partial charge in [0.25, 0.3) is 0 Å². The number of esters is 2. The normalized spacial score (nSPS) is 10.7. The molecule has 0 saturated heterocycles. The zero-order valence-electron chi connectivity index (χ0n) is 16.3. The van der Waals surface area contributed by atoms with Crippen LogP contribution in [0.4, 0.5) is 0 Å². The summed E-state index contributed by atoms with van der Waals surface area (Å²) >= 11 is 0. The number of benzene rings is 2. The van der Waals surface area contributed by atoms with E-state index in [0.717, 1.165) is 29.1 Å². The van der Waals surface area contributed by atoms with Gasteiger partial charge < -0.3 is 9.47 Å². The summed E-state index contributed by atoms with van der Waals surface area (Å²) in [5.74, 6) is -0.341. The summed E-state index contributed by atoms with van der Waals surface area (Å²) in [6.07, 6.45) is 3.50. The largest absolute Gasteiger partial charge is 0.463 e. The number of carbonyl (C=O) groups is 2. The van der Waals surface area contributed by atoms with Gasteiger partial charge in [-0.3, -0.25) is 4.79 Å². The molecule has 0 saturated carbocycles. The van der Waals surface area contributed by atoms with Crippen LogP contribution in [-0.2, 0) is 14.3 Å². The van der Waals surface area contributed by atoms with Crippen molar-refractivity contribution in [1.82, 2.24) is 15.0 Å². The lowest BCUT2D eigenvalue weighted by molar-refractivity contribution is -0.138. The number of aromatic nitrogens is 3. The Morgan fingerprint density at radius 1 is 1.07 bits per heavy atom. The van der Waals surface area contributed by atoms with E-state index in [2.05, 4.69) is 16.8 Å². The van der Waals surface area contributed by atoms with Gasteiger partial charge in [0.1, 0.15) is 16.7 Å². The van der Waals surface area contributed by atoms with Crippen LogP contribution in [0.15, 0.2) is 55.1 Å². The van der Waals surface area contributed by atoms with Crippen molar-refractivity contribution in [1.29, 1.82) is 0 Å². The summed E-state index contributed by atoms with van der Waals surface area (Å²) in [7, 11) is 0. The van der Waals surface area contributed by atoms with Crippen LogP contribution in [0.3, 0.4) is 0 Å². The standard InChI is InChI=1S/C22H23N3O4/c1-3-21(26)28-14-8-4-5-11-22(27)29-20-13-12-16(2)15-19(20)25-23-17-9-6-7-10-18(17)24-25/h3,6-7,9-10,12-13,15H,1,4-5,8,11,14H2,2H3. The molecule has 0 aliphatic heterocycles. The van der Waals surface area contributed by atoms with Crippen LogP contribution in [0, 0.1) is 6.92 Å². The molecular formula is C22H23N3O4. The lowest BCUT2D eigenvalue weighted by Gasteiger charge is -2.10. The minimum absolute atomic E-state index is 0.275. The maximum absolute atomic E-state index is 12.3. The van der Waals surface area contributed by atoms with Crippen molar-refractivity contribution in [2.75, 3.05) is 6.61 Å². The Morgan fingerprint density at radius 3 is 2.48 bits per heavy atom. The van der Waals surface area contributed by atoms with Crippen molar-refractivity contribution in [3.8, 4) is 11.4 Å². The van der Waals surface area contributed by atoms with Gasteiger partial charge in [-0.1, -0.05) is 24.8 Å². The fourth-order valence-electron chi connectivity index (χ4n) is 2.79. The first-order chi connectivity index (χ1) is 14.1. The van der Waals surface area contributed by atoms with Crippen LogP contribution < -0.4 is 4.74 Å². The SMILES string of the molecule is C=CC(=O)OCCCCCC(=O)Oc1ccc(C)cc1-n1nc2ccccc2n1. The third kappa shape index (κ3) is 5.51. The molecule has 0 N–H and O–H groups in total. The molecule has 0 aliphatic carbocycles. The molecular weight excluding hydrogens is 370 g/mol. The predicted molar refractivity (Wildman–Crippen MR) is 109 cm³/mol. The molecule has 1 heterocycles. The van der Waals surface area contributed by atoms with Crippen molar-refractivity contribution in [3.63, 3.8) is 0 Å². The minimum atomic E-state index is -0.434. The lowest BCUT2D eigenvalue weighted by Crippen LogP contribution is -2.11. The maximum Gasteiger partial charge on any atom is 0.330 e. The number of nitrogens with zero attached hydrogens (tertiary/aromatic N) is 3. The average Bonchev–Trinajstić information content (AvgIpc) is 3.15. The van der Waals surface area contributed by atoms with Gasteiger partial charge in [0.2, 0.25) is 0 Å². The van der Waals surface area contributed by atoms with Crippen LogP contribution >= 0.6 is 0 Å². The zero-order valence-corrected chi connectivity index (χ0v) is 16.3. The van der Waals surface area contributed by atoms with E-state index in [0.29, 0.717) is 30.9 Å². The third-order valence-corrected chi connectivity index (χ3v) is 4.28. The van der Waals surface area contributed by atoms with Crippen molar-refractivity contribution in [2.24, 2.45) is 0 Å². The summed E-state index contributed by atoms with van der Waals surface area (Å²) in [6.45, 7) is 5.61. The first-order valence-electron chi connectivity index (χ1n) is 9.50. The number of fused-ring (bicyclic) bond motifs is 1. The highest BCUT2D eigenvalue weighted by Crippen LogP contribution is 2.25. The van der Waals surface area contributed by atoms with Crippen LogP contribution in [0.2, 0.25) is 0 Å². The van der Waals surface area contributed by atoms with Crippen molar-refractivity contribution in [2.45, 2.75) is 32.6 Å². The Bertz CT molecular complexity index is 993. The highest BCUT2D eigenvalue weighted by Gasteiger charge is 2.14. The molecule has 1 aromatic heterocycles. The Morgan fingerprint density at radius 2 is 1.79 bits per heavy atom. The Hall–Kier alpha value is -3.48. The number of ether oxygens (including phenoxy) is 2. The molecule has 0 amide bonds. The minimum Gasteiger partial charge on any atom is -0.463 e. The van der Waals surface area contributed by atoms with E-state index in [1.165, 1.54) is 4.80 Å². The lowest BCUT2D eigenvalue weighted by atomic mass is 10.2. The van der Waals surface area contributed by atoms with Crippen LogP contribution in [0.1, 0.15) is 31.2 Å². The smallest absolute Gasteiger partial charge is 0.330 e. The summed E-state index contributed by atoms with van der Waals surface area (Å²) in [4.78, 5) is 24.7. The molecule has 0 aliphatic rings. The number of unbranched alkanes of at least 4 members (excludes halogenated alkanes) is 2. The van der Waals surface area contributed by atoms with Gasteiger partial charge in [0, 0.05) is 12.5 Å². The van der Waals surface area contributed by atoms with Crippen molar-refractivity contribution >= 4 is 23.0 Å². The van der Waals surface area contributed by atoms with Crippen LogP contribution in [0.25, 0.3) is 16.7 Å². The second-order valence-corrected chi connectivity index (χ2v) is 6.61. The van der Waals surface area contributed by atoms with Gasteiger partial charge in [-0.25, -0.2) is 4.79 Å². The van der Waals surface area contributed by atoms with Crippen LogP contribution in [-0.4, -0.2) is 33.5 Å². The van der Waals surface area contributed by atoms with E-state index in [9.17, 15) is 9.59 Å². The molecule has 7 heteroatoms. The molecule has 0 unspecified atom stereocenters. The second-order valence-electron chi connectivity index (χ2n) is 6.61. The predicted octanol–water partition coefficient (Wildman–Crippen LogP) is 3.92. The molecule has 3 rings (SSSR count). The van der Waals surface area contributed by atoms with Gasteiger partial charge in [-0.15, -0.1) is 15.0 Å². The van der Waals surface area contributed by atoms with E-state index in [-0.39, 0.29) is 12.4 Å². The molecule has 2 aromatic carbocycles. The van der Waals surface area contributed by atoms with Gasteiger partial charge in [0.05, 0.1) is 6.61 Å². The monoisotopic (exact) mass is 393 g/mol. The van der Waals surface area contributed by atoms with Crippen LogP contribution in [0.5, 0.6) is 5.75 Å². The van der Waals surface area contributed by atoms with E-state index in [1.807, 2.05) is 43.3 Å². The molecule has 29 heavy (non-hydrogen) atoms. The molecule has 150 valence electrons. The molecule has 0 spiro atoms. The molecule has 0 radical (unpaired) electrons. The number of aryl methyl sites for hydroxylation is 1. The summed E-state index contributed by atoms with van der Waals surface area (Å²) < 4.78 is 10.5.